The Kier molecular flexibility index (Phi) is 4.56. The second-order valence-corrected chi connectivity index (χ2v) is 4.39. The highest BCUT2D eigenvalue weighted by molar-refractivity contribution is 5.67. The zero-order valence-electron chi connectivity index (χ0n) is 10.7. The molecule has 0 bridgehead atoms. The van der Waals surface area contributed by atoms with Crippen molar-refractivity contribution in [3.8, 4) is 0 Å². The van der Waals surface area contributed by atoms with Crippen LogP contribution in [0, 0.1) is 0 Å². The molecule has 0 unspecified atom stereocenters. The number of carbonyl (C=O) groups is 1. The van der Waals surface area contributed by atoms with E-state index in [0.29, 0.717) is 6.54 Å². The van der Waals surface area contributed by atoms with Gasteiger partial charge in [0.05, 0.1) is 6.42 Å². The third kappa shape index (κ3) is 4.14. The second kappa shape index (κ2) is 6.59. The molecule has 19 heavy (non-hydrogen) atoms. The van der Waals surface area contributed by atoms with Gasteiger partial charge in [0, 0.05) is 18.8 Å². The molecule has 98 valence electrons. The molecule has 0 saturated carbocycles. The normalized spacial score (nSPS) is 10.1. The van der Waals surface area contributed by atoms with Crippen LogP contribution in [-0.4, -0.2) is 17.6 Å². The van der Waals surface area contributed by atoms with Gasteiger partial charge < -0.3 is 10.0 Å². The van der Waals surface area contributed by atoms with Crippen LogP contribution in [0.2, 0.25) is 0 Å². The number of benzene rings is 2. The first kappa shape index (κ1) is 13.1. The lowest BCUT2D eigenvalue weighted by Gasteiger charge is -2.24. The Hall–Kier alpha value is -2.29. The monoisotopic (exact) mass is 255 g/mol. The van der Waals surface area contributed by atoms with Crippen LogP contribution in [0.1, 0.15) is 12.0 Å². The maximum absolute atomic E-state index is 10.8. The molecule has 0 heterocycles. The smallest absolute Gasteiger partial charge is 0.305 e. The molecular formula is C16H17NO2. The lowest BCUT2D eigenvalue weighted by Crippen LogP contribution is -2.25. The predicted octanol–water partition coefficient (Wildman–Crippen LogP) is 3.17. The van der Waals surface area contributed by atoms with Crippen molar-refractivity contribution in [3.63, 3.8) is 0 Å². The Morgan fingerprint density at radius 2 is 1.53 bits per heavy atom. The predicted molar refractivity (Wildman–Crippen MR) is 76.2 cm³/mol. The molecule has 0 radical (unpaired) electrons. The number of para-hydroxylation sites is 1. The molecule has 0 aromatic heterocycles. The van der Waals surface area contributed by atoms with Crippen molar-refractivity contribution in [1.29, 1.82) is 0 Å². The van der Waals surface area contributed by atoms with Crippen LogP contribution < -0.4 is 4.90 Å². The Balaban J connectivity index is 2.12. The molecule has 0 aliphatic heterocycles. The lowest BCUT2D eigenvalue weighted by molar-refractivity contribution is -0.136. The van der Waals surface area contributed by atoms with Crippen molar-refractivity contribution in [2.45, 2.75) is 13.0 Å². The number of rotatable bonds is 6. The van der Waals surface area contributed by atoms with Crippen LogP contribution >= 0.6 is 0 Å². The first-order chi connectivity index (χ1) is 9.25. The van der Waals surface area contributed by atoms with Gasteiger partial charge in [-0.05, 0) is 17.7 Å². The van der Waals surface area contributed by atoms with Crippen molar-refractivity contribution in [1.82, 2.24) is 0 Å². The van der Waals surface area contributed by atoms with E-state index in [2.05, 4.69) is 17.0 Å². The third-order valence-corrected chi connectivity index (χ3v) is 2.93. The fourth-order valence-corrected chi connectivity index (χ4v) is 1.97. The van der Waals surface area contributed by atoms with E-state index in [1.807, 2.05) is 48.5 Å². The Labute approximate surface area is 113 Å². The molecule has 2 rings (SSSR count). The molecule has 0 spiro atoms. The van der Waals surface area contributed by atoms with Crippen molar-refractivity contribution in [2.24, 2.45) is 0 Å². The summed E-state index contributed by atoms with van der Waals surface area (Å²) >= 11 is 0. The van der Waals surface area contributed by atoms with Gasteiger partial charge in [-0.15, -0.1) is 0 Å². The number of hydrogen-bond donors (Lipinski definition) is 1. The zero-order valence-corrected chi connectivity index (χ0v) is 10.7. The fraction of sp³-hybridized carbons (Fsp3) is 0.188. The van der Waals surface area contributed by atoms with Crippen molar-refractivity contribution in [3.05, 3.63) is 66.2 Å². The van der Waals surface area contributed by atoms with Gasteiger partial charge in [0.25, 0.3) is 0 Å². The van der Waals surface area contributed by atoms with Crippen LogP contribution in [0.25, 0.3) is 0 Å². The summed E-state index contributed by atoms with van der Waals surface area (Å²) < 4.78 is 0. The van der Waals surface area contributed by atoms with Gasteiger partial charge in [-0.1, -0.05) is 48.5 Å². The van der Waals surface area contributed by atoms with Crippen LogP contribution in [0.5, 0.6) is 0 Å². The Morgan fingerprint density at radius 1 is 0.947 bits per heavy atom. The van der Waals surface area contributed by atoms with Crippen molar-refractivity contribution >= 4 is 11.7 Å². The molecule has 0 atom stereocenters. The topological polar surface area (TPSA) is 40.5 Å². The molecule has 3 heteroatoms. The van der Waals surface area contributed by atoms with Gasteiger partial charge in [-0.3, -0.25) is 4.79 Å². The quantitative estimate of drug-likeness (QED) is 0.862. The summed E-state index contributed by atoms with van der Waals surface area (Å²) in [4.78, 5) is 12.8. The van der Waals surface area contributed by atoms with E-state index in [1.54, 1.807) is 0 Å². The number of hydrogen-bond acceptors (Lipinski definition) is 2. The summed E-state index contributed by atoms with van der Waals surface area (Å²) in [6.07, 6.45) is 0.141. The molecular weight excluding hydrogens is 238 g/mol. The highest BCUT2D eigenvalue weighted by atomic mass is 16.4. The molecule has 0 aliphatic carbocycles. The van der Waals surface area contributed by atoms with Gasteiger partial charge in [-0.25, -0.2) is 0 Å². The number of carboxylic acid groups (broad SMARTS) is 1. The maximum Gasteiger partial charge on any atom is 0.305 e. The van der Waals surface area contributed by atoms with Gasteiger partial charge in [-0.2, -0.15) is 0 Å². The highest BCUT2D eigenvalue weighted by Gasteiger charge is 2.08. The van der Waals surface area contributed by atoms with Gasteiger partial charge in [0.1, 0.15) is 0 Å². The minimum atomic E-state index is -0.769. The number of carboxylic acids is 1. The molecule has 0 saturated heterocycles. The molecule has 1 N–H and O–H groups in total. The molecule has 2 aromatic rings. The van der Waals surface area contributed by atoms with E-state index < -0.39 is 5.97 Å². The SMILES string of the molecule is O=C(O)CCN(Cc1ccccc1)c1ccccc1. The average molecular weight is 255 g/mol. The lowest BCUT2D eigenvalue weighted by atomic mass is 10.2. The van der Waals surface area contributed by atoms with Crippen LogP contribution in [-0.2, 0) is 11.3 Å². The summed E-state index contributed by atoms with van der Waals surface area (Å²) in [5, 5.41) is 8.85. The summed E-state index contributed by atoms with van der Waals surface area (Å²) in [6.45, 7) is 1.23. The molecule has 0 amide bonds. The number of aliphatic carboxylic acids is 1. The first-order valence-corrected chi connectivity index (χ1v) is 6.31. The van der Waals surface area contributed by atoms with Crippen LogP contribution in [0.15, 0.2) is 60.7 Å². The van der Waals surface area contributed by atoms with E-state index in [1.165, 1.54) is 5.56 Å². The fourth-order valence-electron chi connectivity index (χ4n) is 1.97. The third-order valence-electron chi connectivity index (χ3n) is 2.93. The average Bonchev–Trinajstić information content (AvgIpc) is 2.45. The van der Waals surface area contributed by atoms with Crippen molar-refractivity contribution < 1.29 is 9.90 Å². The number of nitrogens with zero attached hydrogens (tertiary/aromatic N) is 1. The Morgan fingerprint density at radius 3 is 2.11 bits per heavy atom. The van der Waals surface area contributed by atoms with E-state index in [-0.39, 0.29) is 6.42 Å². The van der Waals surface area contributed by atoms with Gasteiger partial charge >= 0.3 is 5.97 Å². The van der Waals surface area contributed by atoms with Gasteiger partial charge in [0.2, 0.25) is 0 Å². The largest absolute Gasteiger partial charge is 0.481 e. The molecule has 0 fully saturated rings. The Bertz CT molecular complexity index is 511. The van der Waals surface area contributed by atoms with Crippen LogP contribution in [0.3, 0.4) is 0 Å². The minimum absolute atomic E-state index is 0.141. The van der Waals surface area contributed by atoms with Crippen LogP contribution in [0.4, 0.5) is 5.69 Å². The first-order valence-electron chi connectivity index (χ1n) is 6.31. The highest BCUT2D eigenvalue weighted by Crippen LogP contribution is 2.17. The second-order valence-electron chi connectivity index (χ2n) is 4.39. The molecule has 2 aromatic carbocycles. The molecule has 0 aliphatic rings. The standard InChI is InChI=1S/C16H17NO2/c18-16(19)11-12-17(15-9-5-2-6-10-15)13-14-7-3-1-4-8-14/h1-10H,11-13H2,(H,18,19). The maximum atomic E-state index is 10.8. The summed E-state index contributed by atoms with van der Waals surface area (Å²) in [5.74, 6) is -0.769. The minimum Gasteiger partial charge on any atom is -0.481 e. The van der Waals surface area contributed by atoms with Crippen molar-refractivity contribution in [2.75, 3.05) is 11.4 Å². The number of anilines is 1. The summed E-state index contributed by atoms with van der Waals surface area (Å²) in [6, 6.07) is 20.0. The van der Waals surface area contributed by atoms with E-state index in [9.17, 15) is 4.79 Å². The van der Waals surface area contributed by atoms with E-state index in [4.69, 9.17) is 5.11 Å². The van der Waals surface area contributed by atoms with E-state index >= 15 is 0 Å². The summed E-state index contributed by atoms with van der Waals surface area (Å²) in [7, 11) is 0. The zero-order chi connectivity index (χ0) is 13.5. The van der Waals surface area contributed by atoms with E-state index in [0.717, 1.165) is 12.2 Å². The van der Waals surface area contributed by atoms with Gasteiger partial charge in [0.15, 0.2) is 0 Å². The summed E-state index contributed by atoms with van der Waals surface area (Å²) in [5.41, 5.74) is 2.23. The molecule has 3 nitrogen and oxygen atoms in total.